The van der Waals surface area contributed by atoms with Gasteiger partial charge in [0.05, 0.1) is 12.8 Å². The number of pyridine rings is 1. The van der Waals surface area contributed by atoms with Crippen LogP contribution in [0.4, 0.5) is 4.39 Å². The highest BCUT2D eigenvalue weighted by Crippen LogP contribution is 2.26. The lowest BCUT2D eigenvalue weighted by Gasteiger charge is -2.25. The van der Waals surface area contributed by atoms with Crippen LogP contribution in [0.3, 0.4) is 0 Å². The summed E-state index contributed by atoms with van der Waals surface area (Å²) in [6, 6.07) is 1.38. The molecule has 0 fully saturated rings. The maximum absolute atomic E-state index is 13.0. The molecule has 1 heterocycles. The van der Waals surface area contributed by atoms with Crippen molar-refractivity contribution in [3.63, 3.8) is 0 Å². The first-order chi connectivity index (χ1) is 8.70. The van der Waals surface area contributed by atoms with E-state index in [4.69, 9.17) is 10.5 Å². The van der Waals surface area contributed by atoms with Crippen LogP contribution >= 0.6 is 0 Å². The fourth-order valence-corrected chi connectivity index (χ4v) is 2.17. The SMILES string of the molecule is CC1CC=CCC1COc1ncc(F)cc1CN. The zero-order valence-corrected chi connectivity index (χ0v) is 10.6. The zero-order valence-electron chi connectivity index (χ0n) is 10.6. The molecule has 1 aromatic rings. The summed E-state index contributed by atoms with van der Waals surface area (Å²) >= 11 is 0. The minimum Gasteiger partial charge on any atom is -0.477 e. The Morgan fingerprint density at radius 1 is 1.44 bits per heavy atom. The lowest BCUT2D eigenvalue weighted by Crippen LogP contribution is -2.22. The molecule has 1 aromatic heterocycles. The van der Waals surface area contributed by atoms with Crippen molar-refractivity contribution in [2.45, 2.75) is 26.3 Å². The summed E-state index contributed by atoms with van der Waals surface area (Å²) in [4.78, 5) is 3.96. The molecule has 0 bridgehead atoms. The number of nitrogens with two attached hydrogens (primary N) is 1. The monoisotopic (exact) mass is 250 g/mol. The standard InChI is InChI=1S/C14H19FN2O/c1-10-4-2-3-5-11(10)9-18-14-12(7-16)6-13(15)8-17-14/h2-3,6,8,10-11H,4-5,7,9,16H2,1H3. The molecule has 0 saturated carbocycles. The third-order valence-corrected chi connectivity index (χ3v) is 3.46. The largest absolute Gasteiger partial charge is 0.477 e. The lowest BCUT2D eigenvalue weighted by molar-refractivity contribution is 0.191. The predicted molar refractivity (Wildman–Crippen MR) is 68.6 cm³/mol. The molecule has 1 aliphatic carbocycles. The van der Waals surface area contributed by atoms with E-state index in [1.54, 1.807) is 0 Å². The molecule has 0 saturated heterocycles. The molecule has 3 nitrogen and oxygen atoms in total. The van der Waals surface area contributed by atoms with Gasteiger partial charge < -0.3 is 10.5 Å². The van der Waals surface area contributed by atoms with Crippen LogP contribution in [0.15, 0.2) is 24.4 Å². The number of halogens is 1. The summed E-state index contributed by atoms with van der Waals surface area (Å²) in [6.45, 7) is 3.07. The van der Waals surface area contributed by atoms with Crippen LogP contribution in [-0.4, -0.2) is 11.6 Å². The molecule has 2 atom stereocenters. The van der Waals surface area contributed by atoms with Crippen LogP contribution in [0.1, 0.15) is 25.3 Å². The van der Waals surface area contributed by atoms with Gasteiger partial charge in [0.1, 0.15) is 5.82 Å². The molecule has 0 amide bonds. The molecule has 2 rings (SSSR count). The van der Waals surface area contributed by atoms with Crippen molar-refractivity contribution < 1.29 is 9.13 Å². The van der Waals surface area contributed by atoms with Gasteiger partial charge in [0, 0.05) is 12.1 Å². The summed E-state index contributed by atoms with van der Waals surface area (Å²) in [6.07, 6.45) is 7.69. The smallest absolute Gasteiger partial charge is 0.218 e. The Labute approximate surface area is 107 Å². The minimum atomic E-state index is -0.378. The Hall–Kier alpha value is -1.42. The van der Waals surface area contributed by atoms with Gasteiger partial charge in [-0.05, 0) is 30.7 Å². The summed E-state index contributed by atoms with van der Waals surface area (Å²) in [5, 5.41) is 0. The highest BCUT2D eigenvalue weighted by Gasteiger charge is 2.19. The third-order valence-electron chi connectivity index (χ3n) is 3.46. The number of ether oxygens (including phenoxy) is 1. The second-order valence-corrected chi connectivity index (χ2v) is 4.81. The molecule has 18 heavy (non-hydrogen) atoms. The van der Waals surface area contributed by atoms with E-state index in [1.807, 2.05) is 0 Å². The summed E-state index contributed by atoms with van der Waals surface area (Å²) in [5.74, 6) is 1.18. The maximum Gasteiger partial charge on any atom is 0.218 e. The van der Waals surface area contributed by atoms with E-state index < -0.39 is 0 Å². The Morgan fingerprint density at radius 2 is 2.22 bits per heavy atom. The van der Waals surface area contributed by atoms with Gasteiger partial charge >= 0.3 is 0 Å². The third kappa shape index (κ3) is 3.07. The maximum atomic E-state index is 13.0. The second-order valence-electron chi connectivity index (χ2n) is 4.81. The molecule has 0 aromatic carbocycles. The van der Waals surface area contributed by atoms with Crippen molar-refractivity contribution in [3.8, 4) is 5.88 Å². The number of hydrogen-bond acceptors (Lipinski definition) is 3. The number of allylic oxidation sites excluding steroid dienone is 2. The molecule has 0 radical (unpaired) electrons. The fraction of sp³-hybridized carbons (Fsp3) is 0.500. The topological polar surface area (TPSA) is 48.1 Å². The Balaban J connectivity index is 1.99. The number of hydrogen-bond donors (Lipinski definition) is 1. The number of nitrogens with zero attached hydrogens (tertiary/aromatic N) is 1. The number of rotatable bonds is 4. The van der Waals surface area contributed by atoms with Crippen molar-refractivity contribution in [1.82, 2.24) is 4.98 Å². The minimum absolute atomic E-state index is 0.236. The Bertz CT molecular complexity index is 434. The first kappa shape index (κ1) is 13.0. The van der Waals surface area contributed by atoms with E-state index in [0.29, 0.717) is 29.9 Å². The van der Waals surface area contributed by atoms with Gasteiger partial charge in [-0.3, -0.25) is 0 Å². The van der Waals surface area contributed by atoms with E-state index in [0.717, 1.165) is 12.8 Å². The van der Waals surface area contributed by atoms with Crippen LogP contribution in [0.25, 0.3) is 0 Å². The molecule has 0 aliphatic heterocycles. The van der Waals surface area contributed by atoms with Crippen molar-refractivity contribution >= 4 is 0 Å². The molecular weight excluding hydrogens is 231 g/mol. The van der Waals surface area contributed by atoms with Gasteiger partial charge in [-0.15, -0.1) is 0 Å². The first-order valence-electron chi connectivity index (χ1n) is 6.33. The van der Waals surface area contributed by atoms with Gasteiger partial charge in [0.2, 0.25) is 5.88 Å². The van der Waals surface area contributed by atoms with Crippen molar-refractivity contribution in [2.75, 3.05) is 6.61 Å². The molecule has 0 spiro atoms. The zero-order chi connectivity index (χ0) is 13.0. The molecule has 2 N–H and O–H groups in total. The van der Waals surface area contributed by atoms with Crippen LogP contribution < -0.4 is 10.5 Å². The normalized spacial score (nSPS) is 23.1. The van der Waals surface area contributed by atoms with Gasteiger partial charge in [0.25, 0.3) is 0 Å². The average molecular weight is 250 g/mol. The van der Waals surface area contributed by atoms with Crippen LogP contribution in [0, 0.1) is 17.7 Å². The molecule has 4 heteroatoms. The van der Waals surface area contributed by atoms with Crippen molar-refractivity contribution in [3.05, 3.63) is 35.8 Å². The molecule has 1 aliphatic rings. The van der Waals surface area contributed by atoms with Gasteiger partial charge in [-0.25, -0.2) is 9.37 Å². The highest BCUT2D eigenvalue weighted by molar-refractivity contribution is 5.25. The Morgan fingerprint density at radius 3 is 2.94 bits per heavy atom. The Kier molecular flexibility index (Phi) is 4.31. The van der Waals surface area contributed by atoms with Crippen molar-refractivity contribution in [1.29, 1.82) is 0 Å². The molecular formula is C14H19FN2O. The second kappa shape index (κ2) is 5.96. The lowest BCUT2D eigenvalue weighted by atomic mass is 9.85. The highest BCUT2D eigenvalue weighted by atomic mass is 19.1. The van der Waals surface area contributed by atoms with Gasteiger partial charge in [0.15, 0.2) is 0 Å². The van der Waals surface area contributed by atoms with E-state index in [1.165, 1.54) is 12.3 Å². The average Bonchev–Trinajstić information content (AvgIpc) is 2.39. The summed E-state index contributed by atoms with van der Waals surface area (Å²) in [5.41, 5.74) is 6.18. The quantitative estimate of drug-likeness (QED) is 0.836. The van der Waals surface area contributed by atoms with E-state index >= 15 is 0 Å². The molecule has 2 unspecified atom stereocenters. The number of aromatic nitrogens is 1. The van der Waals surface area contributed by atoms with Crippen LogP contribution in [0.5, 0.6) is 5.88 Å². The van der Waals surface area contributed by atoms with Gasteiger partial charge in [-0.2, -0.15) is 0 Å². The summed E-state index contributed by atoms with van der Waals surface area (Å²) < 4.78 is 18.7. The van der Waals surface area contributed by atoms with Gasteiger partial charge in [-0.1, -0.05) is 19.1 Å². The summed E-state index contributed by atoms with van der Waals surface area (Å²) in [7, 11) is 0. The van der Waals surface area contributed by atoms with Crippen LogP contribution in [-0.2, 0) is 6.54 Å². The molecule has 98 valence electrons. The van der Waals surface area contributed by atoms with E-state index in [9.17, 15) is 4.39 Å². The predicted octanol–water partition coefficient (Wildman–Crippen LogP) is 2.66. The van der Waals surface area contributed by atoms with E-state index in [2.05, 4.69) is 24.1 Å². The fourth-order valence-electron chi connectivity index (χ4n) is 2.17. The van der Waals surface area contributed by atoms with Crippen LogP contribution in [0.2, 0.25) is 0 Å². The van der Waals surface area contributed by atoms with E-state index in [-0.39, 0.29) is 12.4 Å². The van der Waals surface area contributed by atoms with Crippen molar-refractivity contribution in [2.24, 2.45) is 17.6 Å². The first-order valence-corrected chi connectivity index (χ1v) is 6.33.